The molecule has 1 aliphatic heterocycles. The number of rotatable bonds is 10. The molecule has 170 valence electrons. The van der Waals surface area contributed by atoms with Crippen molar-refractivity contribution < 1.29 is 28.6 Å². The summed E-state index contributed by atoms with van der Waals surface area (Å²) in [5, 5.41) is 5.34. The number of ether oxygens (including phenoxy) is 3. The number of pyridine rings is 1. The van der Waals surface area contributed by atoms with Gasteiger partial charge >= 0.3 is 0 Å². The highest BCUT2D eigenvalue weighted by Crippen LogP contribution is 2.34. The lowest BCUT2D eigenvalue weighted by molar-refractivity contribution is -0.125. The van der Waals surface area contributed by atoms with Crippen molar-refractivity contribution in [2.75, 3.05) is 50.2 Å². The molecular formula is C22H26N4O6. The Morgan fingerprint density at radius 3 is 2.62 bits per heavy atom. The predicted molar refractivity (Wildman–Crippen MR) is 117 cm³/mol. The van der Waals surface area contributed by atoms with Gasteiger partial charge in [0.1, 0.15) is 25.6 Å². The molecule has 10 nitrogen and oxygen atoms in total. The Hall–Kier alpha value is -3.66. The van der Waals surface area contributed by atoms with Gasteiger partial charge < -0.3 is 29.7 Å². The summed E-state index contributed by atoms with van der Waals surface area (Å²) in [5.41, 5.74) is 0.478. The SMILES string of the molecule is COCCNC(=O)CN(C(=O)CCC(=O)Nc1ccccn1)c1ccc2c(c1)OCCO2. The maximum atomic E-state index is 13.0. The molecule has 0 bridgehead atoms. The van der Waals surface area contributed by atoms with Crippen LogP contribution in [0.4, 0.5) is 11.5 Å². The van der Waals surface area contributed by atoms with Crippen molar-refractivity contribution in [2.45, 2.75) is 12.8 Å². The van der Waals surface area contributed by atoms with Crippen molar-refractivity contribution in [1.29, 1.82) is 0 Å². The van der Waals surface area contributed by atoms with E-state index in [0.717, 1.165) is 0 Å². The van der Waals surface area contributed by atoms with Crippen molar-refractivity contribution in [3.05, 3.63) is 42.6 Å². The molecule has 3 rings (SSSR count). The van der Waals surface area contributed by atoms with Gasteiger partial charge in [0.05, 0.1) is 6.61 Å². The maximum absolute atomic E-state index is 13.0. The fourth-order valence-electron chi connectivity index (χ4n) is 3.01. The number of hydrogen-bond donors (Lipinski definition) is 2. The van der Waals surface area contributed by atoms with Gasteiger partial charge in [0.15, 0.2) is 11.5 Å². The molecule has 0 spiro atoms. The summed E-state index contributed by atoms with van der Waals surface area (Å²) in [6.07, 6.45) is 1.42. The van der Waals surface area contributed by atoms with Gasteiger partial charge in [0.2, 0.25) is 17.7 Å². The molecule has 0 radical (unpaired) electrons. The van der Waals surface area contributed by atoms with Crippen LogP contribution in [0.2, 0.25) is 0 Å². The minimum atomic E-state index is -0.375. The van der Waals surface area contributed by atoms with Gasteiger partial charge in [-0.3, -0.25) is 14.4 Å². The molecule has 32 heavy (non-hydrogen) atoms. The molecule has 0 fully saturated rings. The van der Waals surface area contributed by atoms with Crippen LogP contribution in [0.3, 0.4) is 0 Å². The van der Waals surface area contributed by atoms with Crippen LogP contribution in [0, 0.1) is 0 Å². The highest BCUT2D eigenvalue weighted by atomic mass is 16.6. The Bertz CT molecular complexity index is 937. The lowest BCUT2D eigenvalue weighted by Gasteiger charge is -2.25. The fraction of sp³-hybridized carbons (Fsp3) is 0.364. The Morgan fingerprint density at radius 2 is 1.88 bits per heavy atom. The third-order valence-electron chi connectivity index (χ3n) is 4.57. The topological polar surface area (TPSA) is 119 Å². The molecule has 0 atom stereocenters. The second-order valence-corrected chi connectivity index (χ2v) is 6.91. The Kier molecular flexibility index (Phi) is 8.38. The third-order valence-corrected chi connectivity index (χ3v) is 4.57. The minimum Gasteiger partial charge on any atom is -0.486 e. The summed E-state index contributed by atoms with van der Waals surface area (Å²) >= 11 is 0. The van der Waals surface area contributed by atoms with Crippen molar-refractivity contribution in [3.63, 3.8) is 0 Å². The summed E-state index contributed by atoms with van der Waals surface area (Å²) in [6.45, 7) is 1.32. The first kappa shape index (κ1) is 23.0. The van der Waals surface area contributed by atoms with Crippen LogP contribution in [0.25, 0.3) is 0 Å². The van der Waals surface area contributed by atoms with Crippen LogP contribution in [0.15, 0.2) is 42.6 Å². The van der Waals surface area contributed by atoms with Crippen LogP contribution in [-0.2, 0) is 19.1 Å². The average molecular weight is 442 g/mol. The first-order valence-corrected chi connectivity index (χ1v) is 10.2. The van der Waals surface area contributed by atoms with Crippen molar-refractivity contribution in [1.82, 2.24) is 10.3 Å². The maximum Gasteiger partial charge on any atom is 0.240 e. The van der Waals surface area contributed by atoms with Gasteiger partial charge in [0.25, 0.3) is 0 Å². The summed E-state index contributed by atoms with van der Waals surface area (Å²) in [7, 11) is 1.53. The van der Waals surface area contributed by atoms with Crippen molar-refractivity contribution in [3.8, 4) is 11.5 Å². The van der Waals surface area contributed by atoms with E-state index in [1.165, 1.54) is 12.0 Å². The van der Waals surface area contributed by atoms with Crippen LogP contribution < -0.4 is 25.0 Å². The molecule has 0 unspecified atom stereocenters. The zero-order chi connectivity index (χ0) is 22.8. The van der Waals surface area contributed by atoms with Gasteiger partial charge in [-0.15, -0.1) is 0 Å². The zero-order valence-electron chi connectivity index (χ0n) is 17.8. The van der Waals surface area contributed by atoms with E-state index in [4.69, 9.17) is 14.2 Å². The normalized spacial score (nSPS) is 12.0. The van der Waals surface area contributed by atoms with E-state index in [-0.39, 0.29) is 37.1 Å². The van der Waals surface area contributed by atoms with Crippen LogP contribution in [-0.4, -0.2) is 62.7 Å². The van der Waals surface area contributed by atoms with Gasteiger partial charge in [-0.1, -0.05) is 6.07 Å². The number of hydrogen-bond acceptors (Lipinski definition) is 7. The molecule has 10 heteroatoms. The fourth-order valence-corrected chi connectivity index (χ4v) is 3.01. The number of amides is 3. The highest BCUT2D eigenvalue weighted by Gasteiger charge is 2.22. The molecule has 2 N–H and O–H groups in total. The summed E-state index contributed by atoms with van der Waals surface area (Å²) in [5.74, 6) is 0.420. The monoisotopic (exact) mass is 442 g/mol. The highest BCUT2D eigenvalue weighted by molar-refractivity contribution is 6.01. The molecule has 1 aromatic heterocycles. The second kappa shape index (κ2) is 11.7. The van der Waals surface area contributed by atoms with E-state index in [1.54, 1.807) is 42.6 Å². The predicted octanol–water partition coefficient (Wildman–Crippen LogP) is 1.37. The number of anilines is 2. The lowest BCUT2D eigenvalue weighted by Crippen LogP contribution is -2.42. The minimum absolute atomic E-state index is 0.0538. The van der Waals surface area contributed by atoms with Crippen LogP contribution in [0.1, 0.15) is 12.8 Å². The number of aromatic nitrogens is 1. The lowest BCUT2D eigenvalue weighted by atomic mass is 10.2. The Labute approximate surface area is 185 Å². The van der Waals surface area contributed by atoms with E-state index in [0.29, 0.717) is 49.4 Å². The van der Waals surface area contributed by atoms with Gasteiger partial charge in [-0.25, -0.2) is 4.98 Å². The quantitative estimate of drug-likeness (QED) is 0.534. The Balaban J connectivity index is 1.67. The van der Waals surface area contributed by atoms with Crippen LogP contribution >= 0.6 is 0 Å². The smallest absolute Gasteiger partial charge is 0.240 e. The summed E-state index contributed by atoms with van der Waals surface area (Å²) in [4.78, 5) is 42.9. The zero-order valence-corrected chi connectivity index (χ0v) is 17.8. The number of carbonyl (C=O) groups excluding carboxylic acids is 3. The first-order chi connectivity index (χ1) is 15.6. The number of fused-ring (bicyclic) bond motifs is 1. The summed E-state index contributed by atoms with van der Waals surface area (Å²) in [6, 6.07) is 10.2. The molecule has 0 saturated carbocycles. The molecule has 0 aliphatic carbocycles. The van der Waals surface area contributed by atoms with E-state index in [1.807, 2.05) is 0 Å². The number of nitrogens with one attached hydrogen (secondary N) is 2. The number of carbonyl (C=O) groups is 3. The van der Waals surface area contributed by atoms with E-state index in [9.17, 15) is 14.4 Å². The standard InChI is InChI=1S/C22H26N4O6/c1-30-11-10-24-21(28)15-26(16-5-6-17-18(14-16)32-13-12-31-17)22(29)8-7-20(27)25-19-4-2-3-9-23-19/h2-6,9,14H,7-8,10-13,15H2,1H3,(H,24,28)(H,23,25,27). The number of methoxy groups -OCH3 is 1. The molecule has 0 saturated heterocycles. The number of nitrogens with zero attached hydrogens (tertiary/aromatic N) is 2. The van der Waals surface area contributed by atoms with Gasteiger partial charge in [0, 0.05) is 44.4 Å². The Morgan fingerprint density at radius 1 is 1.06 bits per heavy atom. The second-order valence-electron chi connectivity index (χ2n) is 6.91. The molecule has 2 aromatic rings. The van der Waals surface area contributed by atoms with E-state index >= 15 is 0 Å². The van der Waals surface area contributed by atoms with Crippen molar-refractivity contribution >= 4 is 29.2 Å². The first-order valence-electron chi connectivity index (χ1n) is 10.2. The summed E-state index contributed by atoms with van der Waals surface area (Å²) < 4.78 is 16.0. The molecule has 3 amide bonds. The molecule has 1 aliphatic rings. The van der Waals surface area contributed by atoms with Gasteiger partial charge in [-0.2, -0.15) is 0 Å². The van der Waals surface area contributed by atoms with Crippen molar-refractivity contribution in [2.24, 2.45) is 0 Å². The molecule has 2 heterocycles. The van der Waals surface area contributed by atoms with Gasteiger partial charge in [-0.05, 0) is 24.3 Å². The van der Waals surface area contributed by atoms with Crippen LogP contribution in [0.5, 0.6) is 11.5 Å². The van der Waals surface area contributed by atoms with E-state index in [2.05, 4.69) is 15.6 Å². The van der Waals surface area contributed by atoms with E-state index < -0.39 is 0 Å². The third kappa shape index (κ3) is 6.67. The average Bonchev–Trinajstić information content (AvgIpc) is 2.81. The largest absolute Gasteiger partial charge is 0.486 e. The molecular weight excluding hydrogens is 416 g/mol. The molecule has 1 aromatic carbocycles. The number of benzene rings is 1.